The van der Waals surface area contributed by atoms with Crippen LogP contribution in [0.25, 0.3) is 0 Å². The number of hydrogen-bond donors (Lipinski definition) is 1. The normalized spacial score (nSPS) is 16.5. The number of carbonyl (C=O) groups excluding carboxylic acids is 1. The van der Waals surface area contributed by atoms with Gasteiger partial charge in [-0.3, -0.25) is 4.79 Å². The Balaban J connectivity index is 1.31. The third kappa shape index (κ3) is 4.69. The molecular weight excluding hydrogens is 442 g/mol. The molecule has 8 nitrogen and oxygen atoms in total. The van der Waals surface area contributed by atoms with Gasteiger partial charge in [-0.2, -0.15) is 0 Å². The molecule has 1 aromatic carbocycles. The number of aryl methyl sites for hydroxylation is 1. The van der Waals surface area contributed by atoms with Crippen molar-refractivity contribution in [3.8, 4) is 11.5 Å². The van der Waals surface area contributed by atoms with E-state index < -0.39 is 0 Å². The standard InChI is InChI=1S/C24H25N3O5S/c1-16-11-18(27-32-16)13-33-23-19(3-2-8-25-23)22(28)26-14-24(6-9-29-10-7-24)17-4-5-20-21(12-17)31-15-30-20/h2-5,8,11-12H,6-7,9-10,13-15H2,1H3,(H,26,28). The van der Waals surface area contributed by atoms with Crippen LogP contribution in [0.1, 0.15) is 40.2 Å². The average molecular weight is 468 g/mol. The Morgan fingerprint density at radius 1 is 1.15 bits per heavy atom. The van der Waals surface area contributed by atoms with Crippen LogP contribution in [0.4, 0.5) is 0 Å². The second kappa shape index (κ2) is 9.44. The number of pyridine rings is 1. The number of fused-ring (bicyclic) bond motifs is 1. The summed E-state index contributed by atoms with van der Waals surface area (Å²) in [6.45, 7) is 3.88. The van der Waals surface area contributed by atoms with Crippen molar-refractivity contribution in [2.45, 2.75) is 36.0 Å². The van der Waals surface area contributed by atoms with Crippen molar-refractivity contribution < 1.29 is 23.5 Å². The highest BCUT2D eigenvalue weighted by atomic mass is 32.2. The van der Waals surface area contributed by atoms with E-state index in [1.54, 1.807) is 18.3 Å². The molecule has 1 saturated heterocycles. The number of aromatic nitrogens is 2. The number of benzene rings is 1. The summed E-state index contributed by atoms with van der Waals surface area (Å²) in [5.74, 6) is 2.69. The van der Waals surface area contributed by atoms with Crippen LogP contribution in [0.3, 0.4) is 0 Å². The maximum atomic E-state index is 13.2. The van der Waals surface area contributed by atoms with Crippen LogP contribution in [0.15, 0.2) is 52.1 Å². The van der Waals surface area contributed by atoms with Gasteiger partial charge in [0.25, 0.3) is 5.91 Å². The van der Waals surface area contributed by atoms with Gasteiger partial charge in [-0.1, -0.05) is 23.0 Å². The molecule has 0 atom stereocenters. The van der Waals surface area contributed by atoms with Crippen LogP contribution >= 0.6 is 11.8 Å². The molecular formula is C24H25N3O5S. The molecule has 2 aliphatic rings. The highest BCUT2D eigenvalue weighted by Gasteiger charge is 2.36. The van der Waals surface area contributed by atoms with Gasteiger partial charge >= 0.3 is 0 Å². The minimum Gasteiger partial charge on any atom is -0.454 e. The Labute approximate surface area is 196 Å². The molecule has 0 saturated carbocycles. The predicted molar refractivity (Wildman–Crippen MR) is 122 cm³/mol. The van der Waals surface area contributed by atoms with Crippen molar-refractivity contribution in [2.75, 3.05) is 26.6 Å². The van der Waals surface area contributed by atoms with E-state index in [0.29, 0.717) is 36.1 Å². The summed E-state index contributed by atoms with van der Waals surface area (Å²) in [5.41, 5.74) is 2.26. The molecule has 1 amide bonds. The Hall–Kier alpha value is -3.04. The van der Waals surface area contributed by atoms with Gasteiger partial charge in [0.15, 0.2) is 11.5 Å². The Morgan fingerprint density at radius 3 is 2.82 bits per heavy atom. The number of nitrogens with zero attached hydrogens (tertiary/aromatic N) is 2. The smallest absolute Gasteiger partial charge is 0.254 e. The van der Waals surface area contributed by atoms with Gasteiger partial charge in [0.05, 0.1) is 11.3 Å². The van der Waals surface area contributed by atoms with E-state index in [1.807, 2.05) is 25.1 Å². The van der Waals surface area contributed by atoms with Crippen molar-refractivity contribution in [2.24, 2.45) is 0 Å². The van der Waals surface area contributed by atoms with E-state index in [1.165, 1.54) is 11.8 Å². The first kappa shape index (κ1) is 21.8. The number of nitrogens with one attached hydrogen (secondary N) is 1. The van der Waals surface area contributed by atoms with Gasteiger partial charge < -0.3 is 24.1 Å². The number of amides is 1. The van der Waals surface area contributed by atoms with Gasteiger partial charge in [0.1, 0.15) is 10.8 Å². The lowest BCUT2D eigenvalue weighted by Gasteiger charge is -2.38. The number of carbonyl (C=O) groups is 1. The summed E-state index contributed by atoms with van der Waals surface area (Å²) in [6, 6.07) is 11.5. The maximum Gasteiger partial charge on any atom is 0.254 e. The molecule has 3 aromatic rings. The van der Waals surface area contributed by atoms with Crippen LogP contribution < -0.4 is 14.8 Å². The predicted octanol–water partition coefficient (Wildman–Crippen LogP) is 3.88. The van der Waals surface area contributed by atoms with Crippen LogP contribution in [-0.2, 0) is 15.9 Å². The number of rotatable bonds is 7. The molecule has 9 heteroatoms. The van der Waals surface area contributed by atoms with E-state index in [0.717, 1.165) is 41.4 Å². The summed E-state index contributed by atoms with van der Waals surface area (Å²) in [5, 5.41) is 7.85. The summed E-state index contributed by atoms with van der Waals surface area (Å²) in [7, 11) is 0. The lowest BCUT2D eigenvalue weighted by molar-refractivity contribution is 0.0486. The van der Waals surface area contributed by atoms with E-state index in [2.05, 4.69) is 21.5 Å². The van der Waals surface area contributed by atoms with Crippen LogP contribution in [0, 0.1) is 6.92 Å². The van der Waals surface area contributed by atoms with E-state index in [9.17, 15) is 4.79 Å². The molecule has 33 heavy (non-hydrogen) atoms. The third-order valence-electron chi connectivity index (χ3n) is 6.07. The molecule has 4 heterocycles. The minimum absolute atomic E-state index is 0.145. The SMILES string of the molecule is Cc1cc(CSc2ncccc2C(=O)NCC2(c3ccc4c(c3)OCO4)CCOCC2)no1. The first-order valence-corrected chi connectivity index (χ1v) is 11.9. The van der Waals surface area contributed by atoms with Crippen molar-refractivity contribution in [3.63, 3.8) is 0 Å². The third-order valence-corrected chi connectivity index (χ3v) is 7.11. The summed E-state index contributed by atoms with van der Waals surface area (Å²) in [4.78, 5) is 17.6. The Kier molecular flexibility index (Phi) is 6.24. The average Bonchev–Trinajstić information content (AvgIpc) is 3.50. The van der Waals surface area contributed by atoms with Gasteiger partial charge in [0.2, 0.25) is 6.79 Å². The second-order valence-corrected chi connectivity index (χ2v) is 9.18. The zero-order valence-electron chi connectivity index (χ0n) is 18.3. The lowest BCUT2D eigenvalue weighted by Crippen LogP contribution is -2.44. The van der Waals surface area contributed by atoms with Gasteiger partial charge in [-0.15, -0.1) is 0 Å². The molecule has 1 N–H and O–H groups in total. The fraction of sp³-hybridized carbons (Fsp3) is 0.375. The number of hydrogen-bond acceptors (Lipinski definition) is 8. The van der Waals surface area contributed by atoms with Gasteiger partial charge in [-0.05, 0) is 49.6 Å². The van der Waals surface area contributed by atoms with Crippen molar-refractivity contribution in [1.82, 2.24) is 15.5 Å². The Bertz CT molecular complexity index is 1140. The molecule has 5 rings (SSSR count). The quantitative estimate of drug-likeness (QED) is 0.523. The van der Waals surface area contributed by atoms with Crippen LogP contribution in [0.5, 0.6) is 11.5 Å². The zero-order valence-corrected chi connectivity index (χ0v) is 19.2. The fourth-order valence-corrected chi connectivity index (χ4v) is 5.08. The minimum atomic E-state index is -0.233. The largest absolute Gasteiger partial charge is 0.454 e. The summed E-state index contributed by atoms with van der Waals surface area (Å²) < 4.78 is 21.8. The Morgan fingerprint density at radius 2 is 2.00 bits per heavy atom. The topological polar surface area (TPSA) is 95.7 Å². The molecule has 0 bridgehead atoms. The molecule has 2 aliphatic heterocycles. The molecule has 0 aliphatic carbocycles. The van der Waals surface area contributed by atoms with E-state index in [4.69, 9.17) is 18.7 Å². The van der Waals surface area contributed by atoms with Crippen molar-refractivity contribution in [3.05, 3.63) is 65.2 Å². The summed E-state index contributed by atoms with van der Waals surface area (Å²) in [6.07, 6.45) is 3.32. The fourth-order valence-electron chi connectivity index (χ4n) is 4.21. The molecule has 172 valence electrons. The number of thioether (sulfide) groups is 1. The maximum absolute atomic E-state index is 13.2. The van der Waals surface area contributed by atoms with Crippen molar-refractivity contribution >= 4 is 17.7 Å². The molecule has 2 aromatic heterocycles. The van der Waals surface area contributed by atoms with Gasteiger partial charge in [-0.25, -0.2) is 4.98 Å². The second-order valence-electron chi connectivity index (χ2n) is 8.22. The lowest BCUT2D eigenvalue weighted by atomic mass is 9.74. The summed E-state index contributed by atoms with van der Waals surface area (Å²) >= 11 is 1.47. The first-order chi connectivity index (χ1) is 16.1. The molecule has 1 fully saturated rings. The highest BCUT2D eigenvalue weighted by Crippen LogP contribution is 2.40. The van der Waals surface area contributed by atoms with Crippen molar-refractivity contribution in [1.29, 1.82) is 0 Å². The monoisotopic (exact) mass is 467 g/mol. The van der Waals surface area contributed by atoms with E-state index in [-0.39, 0.29) is 18.1 Å². The number of ether oxygens (including phenoxy) is 3. The zero-order chi connectivity index (χ0) is 22.7. The van der Waals surface area contributed by atoms with Crippen LogP contribution in [-0.4, -0.2) is 42.6 Å². The first-order valence-electron chi connectivity index (χ1n) is 10.9. The van der Waals surface area contributed by atoms with E-state index >= 15 is 0 Å². The molecule has 0 radical (unpaired) electrons. The molecule has 0 unspecified atom stereocenters. The molecule has 0 spiro atoms. The van der Waals surface area contributed by atoms with Crippen LogP contribution in [0.2, 0.25) is 0 Å². The highest BCUT2D eigenvalue weighted by molar-refractivity contribution is 7.98. The van der Waals surface area contributed by atoms with Gasteiger partial charge in [0, 0.05) is 43.2 Å².